The fourth-order valence-corrected chi connectivity index (χ4v) is 3.14. The van der Waals surface area contributed by atoms with Gasteiger partial charge in [0.1, 0.15) is 16.4 Å². The van der Waals surface area contributed by atoms with Gasteiger partial charge in [-0.3, -0.25) is 4.79 Å². The molecule has 0 saturated carbocycles. The van der Waals surface area contributed by atoms with Crippen LogP contribution in [0.1, 0.15) is 24.9 Å². The van der Waals surface area contributed by atoms with Gasteiger partial charge in [0.05, 0.1) is 12.0 Å². The van der Waals surface area contributed by atoms with Crippen molar-refractivity contribution in [2.45, 2.75) is 6.54 Å². The number of thiophene rings is 1. The van der Waals surface area contributed by atoms with Gasteiger partial charge in [0.2, 0.25) is 0 Å². The van der Waals surface area contributed by atoms with Crippen molar-refractivity contribution in [3.05, 3.63) is 82.0 Å². The highest BCUT2D eigenvalue weighted by Gasteiger charge is 2.14. The van der Waals surface area contributed by atoms with Gasteiger partial charge in [0.25, 0.3) is 5.91 Å². The van der Waals surface area contributed by atoms with Crippen LogP contribution in [0.25, 0.3) is 0 Å². The fourth-order valence-electron chi connectivity index (χ4n) is 2.30. The van der Waals surface area contributed by atoms with Gasteiger partial charge in [-0.2, -0.15) is 0 Å². The lowest BCUT2D eigenvalue weighted by Gasteiger charge is -2.11. The van der Waals surface area contributed by atoms with E-state index in [-0.39, 0.29) is 5.91 Å². The SMILES string of the molecule is COC(=O)c1ccc(C(=O)NCc2ccccc2Oc2ccccc2)s1. The van der Waals surface area contributed by atoms with Gasteiger partial charge in [0.15, 0.2) is 0 Å². The fraction of sp³-hybridized carbons (Fsp3) is 0.100. The van der Waals surface area contributed by atoms with Crippen molar-refractivity contribution < 1.29 is 19.1 Å². The summed E-state index contributed by atoms with van der Waals surface area (Å²) in [5, 5.41) is 2.85. The maximum absolute atomic E-state index is 12.3. The smallest absolute Gasteiger partial charge is 0.348 e. The van der Waals surface area contributed by atoms with E-state index in [0.29, 0.717) is 22.0 Å². The van der Waals surface area contributed by atoms with Gasteiger partial charge < -0.3 is 14.8 Å². The lowest BCUT2D eigenvalue weighted by molar-refractivity contribution is 0.0606. The van der Waals surface area contributed by atoms with Gasteiger partial charge in [-0.15, -0.1) is 11.3 Å². The summed E-state index contributed by atoms with van der Waals surface area (Å²) < 4.78 is 10.5. The molecule has 0 bridgehead atoms. The van der Waals surface area contributed by atoms with E-state index < -0.39 is 5.97 Å². The van der Waals surface area contributed by atoms with E-state index >= 15 is 0 Å². The molecular formula is C20H17NO4S. The second-order valence-electron chi connectivity index (χ2n) is 5.36. The number of esters is 1. The van der Waals surface area contributed by atoms with E-state index in [9.17, 15) is 9.59 Å². The van der Waals surface area contributed by atoms with Gasteiger partial charge in [-0.25, -0.2) is 4.79 Å². The molecule has 1 heterocycles. The van der Waals surface area contributed by atoms with Gasteiger partial charge in [-0.05, 0) is 30.3 Å². The molecule has 3 aromatic rings. The van der Waals surface area contributed by atoms with Crippen molar-refractivity contribution in [3.63, 3.8) is 0 Å². The van der Waals surface area contributed by atoms with E-state index in [0.717, 1.165) is 22.6 Å². The van der Waals surface area contributed by atoms with E-state index in [1.54, 1.807) is 12.1 Å². The van der Waals surface area contributed by atoms with Crippen molar-refractivity contribution in [2.24, 2.45) is 0 Å². The van der Waals surface area contributed by atoms with Crippen LogP contribution >= 0.6 is 11.3 Å². The van der Waals surface area contributed by atoms with Crippen LogP contribution in [-0.2, 0) is 11.3 Å². The summed E-state index contributed by atoms with van der Waals surface area (Å²) in [6, 6.07) is 20.2. The summed E-state index contributed by atoms with van der Waals surface area (Å²) in [4.78, 5) is 24.6. The van der Waals surface area contributed by atoms with Gasteiger partial charge >= 0.3 is 5.97 Å². The van der Waals surface area contributed by atoms with Crippen LogP contribution in [0.2, 0.25) is 0 Å². The van der Waals surface area contributed by atoms with Crippen molar-refractivity contribution in [3.8, 4) is 11.5 Å². The molecule has 2 aromatic carbocycles. The van der Waals surface area contributed by atoms with E-state index in [1.165, 1.54) is 7.11 Å². The van der Waals surface area contributed by atoms with E-state index in [2.05, 4.69) is 10.1 Å². The normalized spacial score (nSPS) is 10.2. The topological polar surface area (TPSA) is 64.6 Å². The highest BCUT2D eigenvalue weighted by molar-refractivity contribution is 7.15. The molecule has 132 valence electrons. The third-order valence-electron chi connectivity index (χ3n) is 3.60. The standard InChI is InChI=1S/C20H17NO4S/c1-24-20(23)18-12-11-17(26-18)19(22)21-13-14-7-5-6-10-16(14)25-15-8-3-2-4-9-15/h2-12H,13H2,1H3,(H,21,22). The molecule has 0 unspecified atom stereocenters. The number of hydrogen-bond donors (Lipinski definition) is 1. The molecule has 0 spiro atoms. The number of ether oxygens (including phenoxy) is 2. The molecule has 6 heteroatoms. The van der Waals surface area contributed by atoms with Crippen LogP contribution in [0.4, 0.5) is 0 Å². The molecule has 0 aliphatic carbocycles. The summed E-state index contributed by atoms with van der Waals surface area (Å²) >= 11 is 1.10. The first-order valence-corrected chi connectivity index (χ1v) is 8.76. The molecule has 0 saturated heterocycles. The Morgan fingerprint density at radius 1 is 0.923 bits per heavy atom. The molecule has 5 nitrogen and oxygen atoms in total. The Kier molecular flexibility index (Phi) is 5.66. The molecule has 0 aliphatic heterocycles. The minimum absolute atomic E-state index is 0.250. The molecule has 1 aromatic heterocycles. The molecule has 0 aliphatic rings. The zero-order valence-electron chi connectivity index (χ0n) is 14.1. The first-order chi connectivity index (χ1) is 12.7. The molecular weight excluding hydrogens is 350 g/mol. The molecule has 1 N–H and O–H groups in total. The van der Waals surface area contributed by atoms with Crippen molar-refractivity contribution in [1.29, 1.82) is 0 Å². The van der Waals surface area contributed by atoms with Crippen LogP contribution in [0.15, 0.2) is 66.7 Å². The first-order valence-electron chi connectivity index (χ1n) is 7.94. The van der Waals surface area contributed by atoms with E-state index in [4.69, 9.17) is 4.74 Å². The number of carbonyl (C=O) groups excluding carboxylic acids is 2. The lowest BCUT2D eigenvalue weighted by Crippen LogP contribution is -2.22. The third-order valence-corrected chi connectivity index (χ3v) is 4.66. The number of benzene rings is 2. The van der Waals surface area contributed by atoms with Crippen LogP contribution in [0.5, 0.6) is 11.5 Å². The number of methoxy groups -OCH3 is 1. The summed E-state index contributed by atoms with van der Waals surface area (Å²) in [5.74, 6) is 0.711. The highest BCUT2D eigenvalue weighted by atomic mass is 32.1. The average Bonchev–Trinajstić information content (AvgIpc) is 3.17. The van der Waals surface area contributed by atoms with Crippen LogP contribution in [-0.4, -0.2) is 19.0 Å². The average molecular weight is 367 g/mol. The largest absolute Gasteiger partial charge is 0.465 e. The number of hydrogen-bond acceptors (Lipinski definition) is 5. The van der Waals surface area contributed by atoms with Crippen molar-refractivity contribution in [2.75, 3.05) is 7.11 Å². The maximum Gasteiger partial charge on any atom is 0.348 e. The van der Waals surface area contributed by atoms with Crippen molar-refractivity contribution in [1.82, 2.24) is 5.32 Å². The maximum atomic E-state index is 12.3. The Morgan fingerprint density at radius 3 is 2.38 bits per heavy atom. The second-order valence-corrected chi connectivity index (χ2v) is 6.44. The Balaban J connectivity index is 1.67. The molecule has 0 fully saturated rings. The molecule has 0 radical (unpaired) electrons. The summed E-state index contributed by atoms with van der Waals surface area (Å²) in [6.07, 6.45) is 0. The van der Waals surface area contributed by atoms with Crippen LogP contribution < -0.4 is 10.1 Å². The van der Waals surface area contributed by atoms with Crippen LogP contribution in [0, 0.1) is 0 Å². The Bertz CT molecular complexity index is 905. The quantitative estimate of drug-likeness (QED) is 0.661. The monoisotopic (exact) mass is 367 g/mol. The minimum atomic E-state index is -0.448. The Hall–Kier alpha value is -3.12. The summed E-state index contributed by atoms with van der Waals surface area (Å²) in [6.45, 7) is 0.313. The minimum Gasteiger partial charge on any atom is -0.465 e. The Morgan fingerprint density at radius 2 is 1.62 bits per heavy atom. The number of nitrogens with one attached hydrogen (secondary N) is 1. The molecule has 26 heavy (non-hydrogen) atoms. The lowest BCUT2D eigenvalue weighted by atomic mass is 10.2. The number of carbonyl (C=O) groups is 2. The second kappa shape index (κ2) is 8.31. The molecule has 3 rings (SSSR count). The van der Waals surface area contributed by atoms with Crippen LogP contribution in [0.3, 0.4) is 0 Å². The zero-order valence-corrected chi connectivity index (χ0v) is 14.9. The summed E-state index contributed by atoms with van der Waals surface area (Å²) in [7, 11) is 1.31. The number of para-hydroxylation sites is 2. The highest BCUT2D eigenvalue weighted by Crippen LogP contribution is 2.25. The molecule has 0 atom stereocenters. The third kappa shape index (κ3) is 4.29. The van der Waals surface area contributed by atoms with Gasteiger partial charge in [0, 0.05) is 12.1 Å². The van der Waals surface area contributed by atoms with E-state index in [1.807, 2.05) is 54.6 Å². The number of amides is 1. The predicted molar refractivity (Wildman–Crippen MR) is 99.8 cm³/mol. The predicted octanol–water partition coefficient (Wildman–Crippen LogP) is 4.26. The Labute approximate surface area is 155 Å². The summed E-state index contributed by atoms with van der Waals surface area (Å²) in [5.41, 5.74) is 0.856. The van der Waals surface area contributed by atoms with Crippen molar-refractivity contribution >= 4 is 23.2 Å². The molecule has 1 amide bonds. The zero-order chi connectivity index (χ0) is 18.4. The van der Waals surface area contributed by atoms with Gasteiger partial charge in [-0.1, -0.05) is 36.4 Å². The number of rotatable bonds is 6. The first kappa shape index (κ1) is 17.7.